The number of carbonyl (C=O) groups excluding carboxylic acids is 2. The fraction of sp³-hybridized carbons (Fsp3) is 0.222. The number of carbonyl (C=O) groups is 2. The number of rotatable bonds is 6. The monoisotopic (exact) mass is 331 g/mol. The summed E-state index contributed by atoms with van der Waals surface area (Å²) >= 11 is 0. The Morgan fingerprint density at radius 1 is 1.17 bits per heavy atom. The maximum Gasteiger partial charge on any atom is 0.311 e. The third-order valence-electron chi connectivity index (χ3n) is 3.27. The van der Waals surface area contributed by atoms with Gasteiger partial charge in [-0.05, 0) is 48.9 Å². The first-order valence-electron chi connectivity index (χ1n) is 7.37. The molecule has 0 aromatic heterocycles. The van der Waals surface area contributed by atoms with Crippen LogP contribution in [0, 0.1) is 5.82 Å². The molecule has 2 rings (SSSR count). The van der Waals surface area contributed by atoms with Crippen molar-refractivity contribution < 1.29 is 23.5 Å². The van der Waals surface area contributed by atoms with Crippen LogP contribution in [0.1, 0.15) is 12.5 Å². The highest BCUT2D eigenvalue weighted by molar-refractivity contribution is 5.95. The lowest BCUT2D eigenvalue weighted by atomic mass is 10.1. The number of esters is 1. The Labute approximate surface area is 139 Å². The van der Waals surface area contributed by atoms with Gasteiger partial charge in [-0.1, -0.05) is 12.1 Å². The molecule has 0 fully saturated rings. The van der Waals surface area contributed by atoms with Crippen LogP contribution >= 0.6 is 0 Å². The van der Waals surface area contributed by atoms with E-state index in [0.717, 1.165) is 5.56 Å². The van der Waals surface area contributed by atoms with Crippen LogP contribution in [-0.2, 0) is 20.7 Å². The van der Waals surface area contributed by atoms with E-state index in [1.54, 1.807) is 31.4 Å². The second-order valence-corrected chi connectivity index (χ2v) is 5.16. The van der Waals surface area contributed by atoms with Crippen molar-refractivity contribution in [2.24, 2.45) is 0 Å². The zero-order valence-corrected chi connectivity index (χ0v) is 13.4. The molecule has 0 saturated heterocycles. The van der Waals surface area contributed by atoms with Crippen molar-refractivity contribution in [1.29, 1.82) is 0 Å². The molecule has 0 aliphatic carbocycles. The molecule has 1 unspecified atom stereocenters. The van der Waals surface area contributed by atoms with Gasteiger partial charge in [0.25, 0.3) is 5.91 Å². The van der Waals surface area contributed by atoms with E-state index in [0.29, 0.717) is 11.4 Å². The number of amides is 1. The zero-order valence-electron chi connectivity index (χ0n) is 13.4. The van der Waals surface area contributed by atoms with Crippen LogP contribution in [0.4, 0.5) is 10.1 Å². The van der Waals surface area contributed by atoms with Crippen molar-refractivity contribution in [3.63, 3.8) is 0 Å². The standard InChI is InChI=1S/C18H18FNO4/c1-12(18(22)20-15-8-6-14(19)7-9-15)24-17(21)11-13-4-3-5-16(10-13)23-2/h3-10,12H,11H2,1-2H3,(H,20,22). The van der Waals surface area contributed by atoms with Gasteiger partial charge in [0.2, 0.25) is 0 Å². The average molecular weight is 331 g/mol. The molecule has 24 heavy (non-hydrogen) atoms. The van der Waals surface area contributed by atoms with Crippen LogP contribution in [-0.4, -0.2) is 25.1 Å². The summed E-state index contributed by atoms with van der Waals surface area (Å²) in [4.78, 5) is 23.9. The normalized spacial score (nSPS) is 11.5. The zero-order chi connectivity index (χ0) is 17.5. The molecule has 0 saturated carbocycles. The molecule has 2 aromatic carbocycles. The van der Waals surface area contributed by atoms with Crippen LogP contribution < -0.4 is 10.1 Å². The Morgan fingerprint density at radius 3 is 2.54 bits per heavy atom. The number of benzene rings is 2. The Kier molecular flexibility index (Phi) is 5.89. The summed E-state index contributed by atoms with van der Waals surface area (Å²) in [5.74, 6) is -0.765. The van der Waals surface area contributed by atoms with Crippen molar-refractivity contribution in [2.45, 2.75) is 19.4 Å². The predicted molar refractivity (Wildman–Crippen MR) is 87.3 cm³/mol. The van der Waals surface area contributed by atoms with Crippen LogP contribution in [0.15, 0.2) is 48.5 Å². The molecule has 0 aliphatic rings. The van der Waals surface area contributed by atoms with Gasteiger partial charge in [0.05, 0.1) is 13.5 Å². The lowest BCUT2D eigenvalue weighted by Gasteiger charge is -2.13. The van der Waals surface area contributed by atoms with Crippen molar-refractivity contribution in [3.8, 4) is 5.75 Å². The van der Waals surface area contributed by atoms with Crippen LogP contribution in [0.5, 0.6) is 5.75 Å². The Morgan fingerprint density at radius 2 is 1.88 bits per heavy atom. The van der Waals surface area contributed by atoms with Gasteiger partial charge in [-0.3, -0.25) is 9.59 Å². The number of hydrogen-bond acceptors (Lipinski definition) is 4. The number of anilines is 1. The molecule has 1 amide bonds. The van der Waals surface area contributed by atoms with E-state index >= 15 is 0 Å². The number of nitrogens with one attached hydrogen (secondary N) is 1. The van der Waals surface area contributed by atoms with Crippen molar-refractivity contribution in [1.82, 2.24) is 0 Å². The minimum absolute atomic E-state index is 0.0331. The molecule has 2 aromatic rings. The second kappa shape index (κ2) is 8.10. The molecule has 0 heterocycles. The number of halogens is 1. The van der Waals surface area contributed by atoms with E-state index in [4.69, 9.17) is 9.47 Å². The second-order valence-electron chi connectivity index (χ2n) is 5.16. The molecular formula is C18H18FNO4. The minimum atomic E-state index is -0.965. The first-order chi connectivity index (χ1) is 11.5. The molecule has 126 valence electrons. The van der Waals surface area contributed by atoms with Crippen LogP contribution in [0.2, 0.25) is 0 Å². The number of methoxy groups -OCH3 is 1. The molecule has 0 radical (unpaired) electrons. The number of hydrogen-bond donors (Lipinski definition) is 1. The lowest BCUT2D eigenvalue weighted by Crippen LogP contribution is -2.30. The van der Waals surface area contributed by atoms with Gasteiger partial charge in [0.1, 0.15) is 11.6 Å². The molecule has 0 spiro atoms. The van der Waals surface area contributed by atoms with Crippen LogP contribution in [0.3, 0.4) is 0 Å². The summed E-state index contributed by atoms with van der Waals surface area (Å²) in [5.41, 5.74) is 1.16. The third-order valence-corrected chi connectivity index (χ3v) is 3.27. The van der Waals surface area contributed by atoms with E-state index in [1.807, 2.05) is 0 Å². The van der Waals surface area contributed by atoms with Crippen molar-refractivity contribution in [2.75, 3.05) is 12.4 Å². The molecule has 5 nitrogen and oxygen atoms in total. The highest BCUT2D eigenvalue weighted by Crippen LogP contribution is 2.14. The summed E-state index contributed by atoms with van der Waals surface area (Å²) in [5, 5.41) is 2.55. The molecule has 1 N–H and O–H groups in total. The molecule has 0 bridgehead atoms. The van der Waals surface area contributed by atoms with Gasteiger partial charge >= 0.3 is 5.97 Å². The van der Waals surface area contributed by atoms with E-state index < -0.39 is 23.8 Å². The van der Waals surface area contributed by atoms with E-state index in [-0.39, 0.29) is 6.42 Å². The Hall–Kier alpha value is -2.89. The van der Waals surface area contributed by atoms with E-state index in [1.165, 1.54) is 31.2 Å². The summed E-state index contributed by atoms with van der Waals surface area (Å²) in [7, 11) is 1.54. The highest BCUT2D eigenvalue weighted by Gasteiger charge is 2.18. The SMILES string of the molecule is COc1cccc(CC(=O)OC(C)C(=O)Nc2ccc(F)cc2)c1. The molecular weight excluding hydrogens is 313 g/mol. The van der Waals surface area contributed by atoms with Crippen LogP contribution in [0.25, 0.3) is 0 Å². The summed E-state index contributed by atoms with van der Waals surface area (Å²) in [6.07, 6.45) is -0.932. The van der Waals surface area contributed by atoms with Gasteiger partial charge in [0.15, 0.2) is 6.10 Å². The van der Waals surface area contributed by atoms with E-state index in [9.17, 15) is 14.0 Å². The molecule has 0 aliphatic heterocycles. The fourth-order valence-corrected chi connectivity index (χ4v) is 2.02. The largest absolute Gasteiger partial charge is 0.497 e. The molecule has 6 heteroatoms. The lowest BCUT2D eigenvalue weighted by molar-refractivity contribution is -0.152. The highest BCUT2D eigenvalue weighted by atomic mass is 19.1. The van der Waals surface area contributed by atoms with Gasteiger partial charge in [0, 0.05) is 5.69 Å². The average Bonchev–Trinajstić information content (AvgIpc) is 2.56. The van der Waals surface area contributed by atoms with Gasteiger partial charge in [-0.2, -0.15) is 0 Å². The quantitative estimate of drug-likeness (QED) is 0.827. The van der Waals surface area contributed by atoms with Crippen molar-refractivity contribution in [3.05, 3.63) is 59.9 Å². The van der Waals surface area contributed by atoms with Gasteiger partial charge in [-0.25, -0.2) is 4.39 Å². The Balaban J connectivity index is 1.88. The Bertz CT molecular complexity index is 715. The molecule has 1 atom stereocenters. The topological polar surface area (TPSA) is 64.6 Å². The summed E-state index contributed by atoms with van der Waals surface area (Å²) in [6.45, 7) is 1.47. The first-order valence-corrected chi connectivity index (χ1v) is 7.37. The summed E-state index contributed by atoms with van der Waals surface area (Å²) in [6, 6.07) is 12.4. The number of ether oxygens (including phenoxy) is 2. The van der Waals surface area contributed by atoms with Gasteiger partial charge in [-0.15, -0.1) is 0 Å². The van der Waals surface area contributed by atoms with E-state index in [2.05, 4.69) is 5.32 Å². The van der Waals surface area contributed by atoms with Crippen molar-refractivity contribution >= 4 is 17.6 Å². The predicted octanol–water partition coefficient (Wildman–Crippen LogP) is 2.95. The van der Waals surface area contributed by atoms with Gasteiger partial charge < -0.3 is 14.8 Å². The fourth-order valence-electron chi connectivity index (χ4n) is 2.02. The maximum atomic E-state index is 12.8. The smallest absolute Gasteiger partial charge is 0.311 e. The summed E-state index contributed by atoms with van der Waals surface area (Å²) < 4.78 is 23.0. The maximum absolute atomic E-state index is 12.8. The first kappa shape index (κ1) is 17.5. The minimum Gasteiger partial charge on any atom is -0.497 e. The third kappa shape index (κ3) is 5.08.